The average molecular weight is 254 g/mol. The van der Waals surface area contributed by atoms with Gasteiger partial charge in [0, 0.05) is 12.8 Å². The van der Waals surface area contributed by atoms with E-state index in [1.165, 1.54) is 33.6 Å². The van der Waals surface area contributed by atoms with Crippen molar-refractivity contribution in [3.8, 4) is 0 Å². The molecule has 0 aliphatic heterocycles. The van der Waals surface area contributed by atoms with E-state index < -0.39 is 5.97 Å². The lowest BCUT2D eigenvalue weighted by Gasteiger charge is -2.03. The van der Waals surface area contributed by atoms with Crippen LogP contribution in [0.3, 0.4) is 0 Å². The number of hydrogen-bond acceptors (Lipinski definition) is 6. The lowest BCUT2D eigenvalue weighted by Crippen LogP contribution is -2.09. The zero-order chi connectivity index (χ0) is 12.4. The molecule has 2 rings (SSSR count). The van der Waals surface area contributed by atoms with Gasteiger partial charge in [-0.2, -0.15) is 5.10 Å². The van der Waals surface area contributed by atoms with E-state index in [2.05, 4.69) is 15.3 Å². The number of nitrogens with two attached hydrogens (primary N) is 1. The van der Waals surface area contributed by atoms with E-state index in [1.807, 2.05) is 0 Å². The number of carboxylic acid groups (broad SMARTS) is 1. The molecule has 0 aliphatic rings. The molecule has 0 radical (unpaired) electrons. The van der Waals surface area contributed by atoms with Crippen molar-refractivity contribution in [2.24, 2.45) is 7.05 Å². The third kappa shape index (κ3) is 2.23. The van der Waals surface area contributed by atoms with E-state index in [4.69, 9.17) is 10.9 Å². The van der Waals surface area contributed by atoms with Gasteiger partial charge in [0.15, 0.2) is 0 Å². The Kier molecular flexibility index (Phi) is 3.00. The molecule has 0 spiro atoms. The first-order chi connectivity index (χ1) is 8.09. The molecule has 0 aliphatic carbocycles. The standard InChI is InChI=1S/C8H10N6O2S/c1-13-6(5(2-11-13)7(15)16)3-17-8-12-10-4-14(8)9/h2,4H,3,9H2,1H3,(H,15,16). The van der Waals surface area contributed by atoms with Crippen LogP contribution in [-0.2, 0) is 12.8 Å². The maximum atomic E-state index is 10.9. The fraction of sp³-hybridized carbons (Fsp3) is 0.250. The van der Waals surface area contributed by atoms with Crippen molar-refractivity contribution in [3.63, 3.8) is 0 Å². The van der Waals surface area contributed by atoms with Crippen LogP contribution < -0.4 is 5.84 Å². The second kappa shape index (κ2) is 4.45. The quantitative estimate of drug-likeness (QED) is 0.569. The highest BCUT2D eigenvalue weighted by Crippen LogP contribution is 2.21. The zero-order valence-corrected chi connectivity index (χ0v) is 9.76. The summed E-state index contributed by atoms with van der Waals surface area (Å²) < 4.78 is 2.80. The number of rotatable bonds is 4. The molecule has 0 saturated heterocycles. The van der Waals surface area contributed by atoms with Crippen LogP contribution in [0.5, 0.6) is 0 Å². The molecule has 2 heterocycles. The van der Waals surface area contributed by atoms with Crippen molar-refractivity contribution >= 4 is 17.7 Å². The number of hydrogen-bond donors (Lipinski definition) is 2. The predicted molar refractivity (Wildman–Crippen MR) is 59.9 cm³/mol. The fourth-order valence-corrected chi connectivity index (χ4v) is 2.19. The summed E-state index contributed by atoms with van der Waals surface area (Å²) >= 11 is 1.30. The first kappa shape index (κ1) is 11.5. The van der Waals surface area contributed by atoms with Crippen LogP contribution in [0.1, 0.15) is 16.1 Å². The zero-order valence-electron chi connectivity index (χ0n) is 8.94. The first-order valence-electron chi connectivity index (χ1n) is 4.61. The molecule has 0 atom stereocenters. The number of nitrogens with zero attached hydrogens (tertiary/aromatic N) is 5. The molecule has 0 unspecified atom stereocenters. The van der Waals surface area contributed by atoms with E-state index in [1.54, 1.807) is 7.05 Å². The number of aryl methyl sites for hydroxylation is 1. The van der Waals surface area contributed by atoms with Crippen LogP contribution in [0.2, 0.25) is 0 Å². The molecular weight excluding hydrogens is 244 g/mol. The van der Waals surface area contributed by atoms with Crippen molar-refractivity contribution < 1.29 is 9.90 Å². The van der Waals surface area contributed by atoms with E-state index in [0.29, 0.717) is 16.6 Å². The minimum absolute atomic E-state index is 0.183. The second-order valence-electron chi connectivity index (χ2n) is 3.24. The Labute approximate surface area is 100 Å². The van der Waals surface area contributed by atoms with Crippen LogP contribution in [-0.4, -0.2) is 35.7 Å². The van der Waals surface area contributed by atoms with Gasteiger partial charge < -0.3 is 10.9 Å². The van der Waals surface area contributed by atoms with Gasteiger partial charge in [-0.1, -0.05) is 11.8 Å². The van der Waals surface area contributed by atoms with Crippen molar-refractivity contribution in [1.82, 2.24) is 24.7 Å². The largest absolute Gasteiger partial charge is 0.478 e. The minimum atomic E-state index is -0.997. The van der Waals surface area contributed by atoms with Crippen molar-refractivity contribution in [3.05, 3.63) is 23.8 Å². The molecule has 0 aromatic carbocycles. The highest BCUT2D eigenvalue weighted by molar-refractivity contribution is 7.98. The summed E-state index contributed by atoms with van der Waals surface area (Å²) in [6, 6.07) is 0. The Hall–Kier alpha value is -2.03. The average Bonchev–Trinajstić information content (AvgIpc) is 2.82. The minimum Gasteiger partial charge on any atom is -0.478 e. The highest BCUT2D eigenvalue weighted by atomic mass is 32.2. The van der Waals surface area contributed by atoms with E-state index in [-0.39, 0.29) is 5.56 Å². The van der Waals surface area contributed by atoms with Crippen LogP contribution in [0.15, 0.2) is 17.7 Å². The second-order valence-corrected chi connectivity index (χ2v) is 4.19. The molecule has 0 fully saturated rings. The Morgan fingerprint density at radius 1 is 1.65 bits per heavy atom. The van der Waals surface area contributed by atoms with Crippen LogP contribution in [0.4, 0.5) is 0 Å². The third-order valence-electron chi connectivity index (χ3n) is 2.17. The number of thioether (sulfide) groups is 1. The van der Waals surface area contributed by atoms with Gasteiger partial charge in [-0.05, 0) is 0 Å². The summed E-state index contributed by atoms with van der Waals surface area (Å²) in [5.74, 6) is 4.96. The maximum Gasteiger partial charge on any atom is 0.339 e. The summed E-state index contributed by atoms with van der Waals surface area (Å²) in [4.78, 5) is 10.9. The van der Waals surface area contributed by atoms with Crippen LogP contribution >= 0.6 is 11.8 Å². The Morgan fingerprint density at radius 3 is 3.00 bits per heavy atom. The van der Waals surface area contributed by atoms with Gasteiger partial charge >= 0.3 is 5.97 Å². The van der Waals surface area contributed by atoms with E-state index in [9.17, 15) is 4.79 Å². The molecule has 8 nitrogen and oxygen atoms in total. The van der Waals surface area contributed by atoms with Crippen LogP contribution in [0.25, 0.3) is 0 Å². The molecule has 17 heavy (non-hydrogen) atoms. The smallest absolute Gasteiger partial charge is 0.339 e. The summed E-state index contributed by atoms with van der Waals surface area (Å²) in [5.41, 5.74) is 0.786. The lowest BCUT2D eigenvalue weighted by atomic mass is 10.3. The first-order valence-corrected chi connectivity index (χ1v) is 5.60. The van der Waals surface area contributed by atoms with Gasteiger partial charge in [0.25, 0.3) is 0 Å². The van der Waals surface area contributed by atoms with Gasteiger partial charge in [0.1, 0.15) is 11.9 Å². The van der Waals surface area contributed by atoms with Gasteiger partial charge in [-0.15, -0.1) is 10.2 Å². The SMILES string of the molecule is Cn1ncc(C(=O)O)c1CSc1nncn1N. The molecule has 0 saturated carbocycles. The van der Waals surface area contributed by atoms with Crippen molar-refractivity contribution in [2.75, 3.05) is 5.84 Å². The molecule has 2 aromatic rings. The van der Waals surface area contributed by atoms with E-state index in [0.717, 1.165) is 0 Å². The maximum absolute atomic E-state index is 10.9. The topological polar surface area (TPSA) is 112 Å². The molecule has 0 amide bonds. The van der Waals surface area contributed by atoms with Gasteiger partial charge in [-0.3, -0.25) is 4.68 Å². The molecule has 9 heteroatoms. The third-order valence-corrected chi connectivity index (χ3v) is 3.14. The predicted octanol–water partition coefficient (Wildman–Crippen LogP) is -0.284. The summed E-state index contributed by atoms with van der Waals surface area (Å²) in [6.45, 7) is 0. The number of carboxylic acids is 1. The number of nitrogen functional groups attached to an aromatic ring is 1. The summed E-state index contributed by atoms with van der Waals surface area (Å²) in [6.07, 6.45) is 2.70. The number of aromatic nitrogens is 5. The Bertz CT molecular complexity index is 548. The molecule has 2 aromatic heterocycles. The van der Waals surface area contributed by atoms with Crippen molar-refractivity contribution in [1.29, 1.82) is 0 Å². The number of aromatic carboxylic acids is 1. The highest BCUT2D eigenvalue weighted by Gasteiger charge is 2.16. The van der Waals surface area contributed by atoms with Crippen molar-refractivity contribution in [2.45, 2.75) is 10.9 Å². The Balaban J connectivity index is 2.16. The summed E-state index contributed by atoms with van der Waals surface area (Å²) in [5, 5.41) is 20.8. The summed E-state index contributed by atoms with van der Waals surface area (Å²) in [7, 11) is 1.69. The molecule has 0 bridgehead atoms. The number of carbonyl (C=O) groups is 1. The normalized spacial score (nSPS) is 10.6. The monoisotopic (exact) mass is 254 g/mol. The van der Waals surface area contributed by atoms with Gasteiger partial charge in [0.05, 0.1) is 11.9 Å². The lowest BCUT2D eigenvalue weighted by molar-refractivity contribution is 0.0696. The Morgan fingerprint density at radius 2 is 2.41 bits per heavy atom. The molecular formula is C8H10N6O2S. The van der Waals surface area contributed by atoms with Gasteiger partial charge in [-0.25, -0.2) is 9.47 Å². The molecule has 90 valence electrons. The van der Waals surface area contributed by atoms with Crippen LogP contribution in [0, 0.1) is 0 Å². The van der Waals surface area contributed by atoms with E-state index >= 15 is 0 Å². The molecule has 3 N–H and O–H groups in total. The van der Waals surface area contributed by atoms with Gasteiger partial charge in [0.2, 0.25) is 5.16 Å². The fourth-order valence-electron chi connectivity index (χ4n) is 1.28.